The lowest BCUT2D eigenvalue weighted by molar-refractivity contribution is -0.132. The largest absolute Gasteiger partial charge is 0.352 e. The molecule has 0 atom stereocenters. The lowest BCUT2D eigenvalue weighted by Gasteiger charge is -2.31. The summed E-state index contributed by atoms with van der Waals surface area (Å²) in [6.45, 7) is 4.02. The third kappa shape index (κ3) is 4.71. The lowest BCUT2D eigenvalue weighted by Crippen LogP contribution is -2.41. The van der Waals surface area contributed by atoms with Crippen LogP contribution in [0.3, 0.4) is 0 Å². The number of carbonyl (C=O) groups excluding carboxylic acids is 3. The first-order valence-corrected chi connectivity index (χ1v) is 8.20. The minimum absolute atomic E-state index is 0.111. The number of amides is 2. The Bertz CT molecular complexity index is 705. The van der Waals surface area contributed by atoms with Crippen molar-refractivity contribution < 1.29 is 27.6 Å². The molecular weight excluding hydrogens is 349 g/mol. The van der Waals surface area contributed by atoms with E-state index in [9.17, 15) is 27.6 Å². The van der Waals surface area contributed by atoms with Gasteiger partial charge in [0.2, 0.25) is 11.8 Å². The number of nitrogens with one attached hydrogen (secondary N) is 1. The zero-order valence-corrected chi connectivity index (χ0v) is 14.1. The van der Waals surface area contributed by atoms with E-state index >= 15 is 0 Å². The van der Waals surface area contributed by atoms with Crippen LogP contribution in [0.1, 0.15) is 29.6 Å². The number of ketones is 1. The maximum Gasteiger partial charge on any atom is 0.243 e. The number of rotatable bonds is 6. The number of hydrogen-bond donors (Lipinski definition) is 1. The van der Waals surface area contributed by atoms with Crippen LogP contribution < -0.4 is 5.32 Å². The number of carbonyl (C=O) groups is 3. The van der Waals surface area contributed by atoms with Gasteiger partial charge in [-0.05, 0) is 18.9 Å². The molecule has 0 aromatic heterocycles. The van der Waals surface area contributed by atoms with Crippen molar-refractivity contribution in [3.63, 3.8) is 0 Å². The number of likely N-dealkylation sites (tertiary alicyclic amines) is 1. The molecule has 1 aliphatic rings. The zero-order chi connectivity index (χ0) is 19.3. The van der Waals surface area contributed by atoms with Gasteiger partial charge in [-0.15, -0.1) is 0 Å². The number of Topliss-reactive ketones (excluding diaryl/α,β-unsaturated/α-hetero) is 1. The van der Waals surface area contributed by atoms with Crippen LogP contribution in [-0.4, -0.2) is 42.1 Å². The second kappa shape index (κ2) is 8.64. The molecule has 1 fully saturated rings. The average Bonchev–Trinajstić information content (AvgIpc) is 2.60. The molecule has 1 saturated heterocycles. The number of hydrogen-bond acceptors (Lipinski definition) is 3. The van der Waals surface area contributed by atoms with Gasteiger partial charge < -0.3 is 10.2 Å². The Kier molecular flexibility index (Phi) is 6.54. The Hall–Kier alpha value is -2.64. The van der Waals surface area contributed by atoms with Gasteiger partial charge in [-0.3, -0.25) is 14.4 Å². The minimum atomic E-state index is -1.22. The summed E-state index contributed by atoms with van der Waals surface area (Å²) in [4.78, 5) is 37.0. The van der Waals surface area contributed by atoms with E-state index in [-0.39, 0.29) is 50.7 Å². The fourth-order valence-corrected chi connectivity index (χ4v) is 2.90. The van der Waals surface area contributed by atoms with Crippen molar-refractivity contribution in [1.29, 1.82) is 0 Å². The lowest BCUT2D eigenvalue weighted by atomic mass is 9.88. The molecule has 140 valence electrons. The fraction of sp³-hybridized carbons (Fsp3) is 0.389. The molecule has 0 unspecified atom stereocenters. The predicted octanol–water partition coefficient (Wildman–Crippen LogP) is 2.22. The monoisotopic (exact) mass is 368 g/mol. The molecule has 0 radical (unpaired) electrons. The predicted molar refractivity (Wildman–Crippen MR) is 87.8 cm³/mol. The Morgan fingerprint density at radius 1 is 1.15 bits per heavy atom. The summed E-state index contributed by atoms with van der Waals surface area (Å²) in [5.74, 6) is -5.42. The normalized spacial score (nSPS) is 14.8. The van der Waals surface area contributed by atoms with Crippen molar-refractivity contribution >= 4 is 17.6 Å². The summed E-state index contributed by atoms with van der Waals surface area (Å²) in [5.41, 5.74) is -0.733. The van der Waals surface area contributed by atoms with Gasteiger partial charge in [-0.25, -0.2) is 13.2 Å². The van der Waals surface area contributed by atoms with E-state index in [1.165, 1.54) is 0 Å². The maximum atomic E-state index is 13.7. The smallest absolute Gasteiger partial charge is 0.243 e. The SMILES string of the molecule is C=CC(=O)NCCC(=O)N1CCC(C(=O)c2c(F)cc(F)cc2F)CC1. The molecule has 2 amide bonds. The van der Waals surface area contributed by atoms with Gasteiger partial charge >= 0.3 is 0 Å². The number of piperidine rings is 1. The zero-order valence-electron chi connectivity index (χ0n) is 14.1. The quantitative estimate of drug-likeness (QED) is 0.619. The average molecular weight is 368 g/mol. The van der Waals surface area contributed by atoms with Crippen molar-refractivity contribution in [2.45, 2.75) is 19.3 Å². The molecule has 0 aliphatic carbocycles. The number of nitrogens with zero attached hydrogens (tertiary/aromatic N) is 1. The van der Waals surface area contributed by atoms with Gasteiger partial charge in [0.1, 0.15) is 17.5 Å². The highest BCUT2D eigenvalue weighted by Gasteiger charge is 2.31. The first-order valence-electron chi connectivity index (χ1n) is 8.20. The van der Waals surface area contributed by atoms with Gasteiger partial charge in [0, 0.05) is 44.1 Å². The second-order valence-electron chi connectivity index (χ2n) is 6.01. The Morgan fingerprint density at radius 3 is 2.27 bits per heavy atom. The van der Waals surface area contributed by atoms with Crippen molar-refractivity contribution in [2.24, 2.45) is 5.92 Å². The van der Waals surface area contributed by atoms with Gasteiger partial charge in [-0.2, -0.15) is 0 Å². The summed E-state index contributed by atoms with van der Waals surface area (Å²) in [6, 6.07) is 0.957. The van der Waals surface area contributed by atoms with Crippen LogP contribution in [0.5, 0.6) is 0 Å². The highest BCUT2D eigenvalue weighted by Crippen LogP contribution is 2.25. The Labute approximate surface area is 148 Å². The van der Waals surface area contributed by atoms with Crippen molar-refractivity contribution in [2.75, 3.05) is 19.6 Å². The van der Waals surface area contributed by atoms with Crippen LogP contribution in [0.15, 0.2) is 24.8 Å². The second-order valence-corrected chi connectivity index (χ2v) is 6.01. The fourth-order valence-electron chi connectivity index (χ4n) is 2.90. The molecule has 5 nitrogen and oxygen atoms in total. The highest BCUT2D eigenvalue weighted by molar-refractivity contribution is 5.98. The third-order valence-corrected chi connectivity index (χ3v) is 4.30. The van der Waals surface area contributed by atoms with Crippen molar-refractivity contribution in [3.8, 4) is 0 Å². The minimum Gasteiger partial charge on any atom is -0.352 e. The summed E-state index contributed by atoms with van der Waals surface area (Å²) in [5, 5.41) is 2.50. The summed E-state index contributed by atoms with van der Waals surface area (Å²) in [6.07, 6.45) is 1.74. The van der Waals surface area contributed by atoms with Gasteiger partial charge in [0.25, 0.3) is 0 Å². The number of halogens is 3. The van der Waals surface area contributed by atoms with E-state index in [4.69, 9.17) is 0 Å². The molecule has 26 heavy (non-hydrogen) atoms. The van der Waals surface area contributed by atoms with E-state index in [1.54, 1.807) is 4.90 Å². The first kappa shape index (κ1) is 19.7. The standard InChI is InChI=1S/C18H19F3N2O3/c1-2-15(24)22-6-3-16(25)23-7-4-11(5-8-23)18(26)17-13(20)9-12(19)10-14(17)21/h2,9-11H,1,3-8H2,(H,22,24). The van der Waals surface area contributed by atoms with E-state index in [1.807, 2.05) is 0 Å². The van der Waals surface area contributed by atoms with Gasteiger partial charge in [0.15, 0.2) is 5.78 Å². The van der Waals surface area contributed by atoms with E-state index in [0.29, 0.717) is 12.1 Å². The molecule has 1 N–H and O–H groups in total. The Balaban J connectivity index is 1.90. The van der Waals surface area contributed by atoms with Crippen LogP contribution in [-0.2, 0) is 9.59 Å². The van der Waals surface area contributed by atoms with Crippen LogP contribution in [0, 0.1) is 23.4 Å². The summed E-state index contributed by atoms with van der Waals surface area (Å²) in [7, 11) is 0. The number of benzene rings is 1. The highest BCUT2D eigenvalue weighted by atomic mass is 19.1. The molecule has 0 saturated carbocycles. The molecule has 8 heteroatoms. The maximum absolute atomic E-state index is 13.7. The van der Waals surface area contributed by atoms with Crippen molar-refractivity contribution in [1.82, 2.24) is 10.2 Å². The molecule has 1 aromatic rings. The molecule has 1 heterocycles. The topological polar surface area (TPSA) is 66.5 Å². The molecule has 1 aromatic carbocycles. The van der Waals surface area contributed by atoms with Gasteiger partial charge in [0.05, 0.1) is 5.56 Å². The van der Waals surface area contributed by atoms with Crippen molar-refractivity contribution in [3.05, 3.63) is 47.8 Å². The van der Waals surface area contributed by atoms with Crippen LogP contribution in [0.25, 0.3) is 0 Å². The molecule has 1 aliphatic heterocycles. The molecular formula is C18H19F3N2O3. The molecule has 0 bridgehead atoms. The van der Waals surface area contributed by atoms with Crippen LogP contribution in [0.4, 0.5) is 13.2 Å². The Morgan fingerprint density at radius 2 is 1.73 bits per heavy atom. The first-order chi connectivity index (χ1) is 12.3. The van der Waals surface area contributed by atoms with Crippen LogP contribution in [0.2, 0.25) is 0 Å². The van der Waals surface area contributed by atoms with E-state index < -0.39 is 34.7 Å². The summed E-state index contributed by atoms with van der Waals surface area (Å²) < 4.78 is 40.5. The molecule has 0 spiro atoms. The van der Waals surface area contributed by atoms with E-state index in [2.05, 4.69) is 11.9 Å². The van der Waals surface area contributed by atoms with E-state index in [0.717, 1.165) is 6.08 Å². The van der Waals surface area contributed by atoms with Crippen LogP contribution >= 0.6 is 0 Å². The third-order valence-electron chi connectivity index (χ3n) is 4.30. The molecule has 2 rings (SSSR count). The summed E-state index contributed by atoms with van der Waals surface area (Å²) >= 11 is 0. The van der Waals surface area contributed by atoms with Gasteiger partial charge in [-0.1, -0.05) is 6.58 Å².